The average Bonchev–Trinajstić information content (AvgIpc) is 2.55. The molecular formula is C17H16BrClN2O3. The Morgan fingerprint density at radius 2 is 2.00 bits per heavy atom. The monoisotopic (exact) mass is 410 g/mol. The highest BCUT2D eigenvalue weighted by Crippen LogP contribution is 2.22. The van der Waals surface area contributed by atoms with Gasteiger partial charge in [0.1, 0.15) is 0 Å². The first kappa shape index (κ1) is 18.3. The molecular weight excluding hydrogens is 396 g/mol. The third-order valence-corrected chi connectivity index (χ3v) is 4.38. The van der Waals surface area contributed by atoms with Crippen LogP contribution >= 0.6 is 27.5 Å². The lowest BCUT2D eigenvalue weighted by Gasteiger charge is -2.16. The first-order valence-electron chi connectivity index (χ1n) is 7.14. The Labute approximate surface area is 153 Å². The number of amides is 1. The maximum Gasteiger partial charge on any atom is 0.338 e. The van der Waals surface area contributed by atoms with Crippen molar-refractivity contribution in [1.82, 2.24) is 5.32 Å². The van der Waals surface area contributed by atoms with E-state index < -0.39 is 11.9 Å². The Kier molecular flexibility index (Phi) is 6.23. The van der Waals surface area contributed by atoms with E-state index >= 15 is 0 Å². The minimum absolute atomic E-state index is 0.224. The molecule has 24 heavy (non-hydrogen) atoms. The number of benzene rings is 2. The minimum atomic E-state index is -0.637. The van der Waals surface area contributed by atoms with Crippen molar-refractivity contribution in [3.63, 3.8) is 0 Å². The molecule has 0 aromatic heterocycles. The van der Waals surface area contributed by atoms with Crippen LogP contribution in [0.4, 0.5) is 5.69 Å². The van der Waals surface area contributed by atoms with Gasteiger partial charge < -0.3 is 15.8 Å². The highest BCUT2D eigenvalue weighted by Gasteiger charge is 2.15. The van der Waals surface area contributed by atoms with Crippen molar-refractivity contribution in [2.45, 2.75) is 13.0 Å². The van der Waals surface area contributed by atoms with E-state index in [1.165, 1.54) is 18.2 Å². The van der Waals surface area contributed by atoms with E-state index in [-0.39, 0.29) is 23.9 Å². The molecule has 0 radical (unpaired) electrons. The topological polar surface area (TPSA) is 81.4 Å². The normalized spacial score (nSPS) is 11.6. The summed E-state index contributed by atoms with van der Waals surface area (Å²) >= 11 is 9.23. The number of nitrogens with one attached hydrogen (secondary N) is 1. The molecule has 3 N–H and O–H groups in total. The number of esters is 1. The second kappa shape index (κ2) is 8.17. The van der Waals surface area contributed by atoms with Gasteiger partial charge >= 0.3 is 5.97 Å². The van der Waals surface area contributed by atoms with E-state index in [0.29, 0.717) is 5.02 Å². The molecule has 1 amide bonds. The molecule has 0 saturated heterocycles. The van der Waals surface area contributed by atoms with Gasteiger partial charge in [-0.05, 0) is 36.8 Å². The Balaban J connectivity index is 1.89. The van der Waals surface area contributed by atoms with E-state index in [1.807, 2.05) is 31.2 Å². The van der Waals surface area contributed by atoms with Crippen molar-refractivity contribution < 1.29 is 14.3 Å². The van der Waals surface area contributed by atoms with Crippen LogP contribution in [0.3, 0.4) is 0 Å². The molecule has 0 heterocycles. The van der Waals surface area contributed by atoms with Crippen molar-refractivity contribution in [1.29, 1.82) is 0 Å². The van der Waals surface area contributed by atoms with Gasteiger partial charge in [0.2, 0.25) is 0 Å². The van der Waals surface area contributed by atoms with Crippen LogP contribution in [0.15, 0.2) is 46.9 Å². The quantitative estimate of drug-likeness (QED) is 0.580. The van der Waals surface area contributed by atoms with Gasteiger partial charge in [-0.3, -0.25) is 4.79 Å². The molecule has 0 spiro atoms. The first-order valence-corrected chi connectivity index (χ1v) is 8.31. The van der Waals surface area contributed by atoms with Crippen LogP contribution in [0, 0.1) is 0 Å². The standard InChI is InChI=1S/C17H16BrClN2O3/c1-10(12-4-2-3-5-13(12)18)21-16(22)9-24-17(23)11-6-7-14(19)15(20)8-11/h2-8,10H,9,20H2,1H3,(H,21,22)/t10-/m1/s1. The fraction of sp³-hybridized carbons (Fsp3) is 0.176. The molecule has 7 heteroatoms. The predicted molar refractivity (Wildman–Crippen MR) is 96.8 cm³/mol. The molecule has 2 aromatic rings. The van der Waals surface area contributed by atoms with Gasteiger partial charge in [0, 0.05) is 4.47 Å². The number of rotatable bonds is 5. The molecule has 1 atom stereocenters. The fourth-order valence-electron chi connectivity index (χ4n) is 2.07. The zero-order chi connectivity index (χ0) is 17.7. The number of carbonyl (C=O) groups excluding carboxylic acids is 2. The number of halogens is 2. The predicted octanol–water partition coefficient (Wildman–Crippen LogP) is 3.72. The van der Waals surface area contributed by atoms with Crippen LogP contribution in [0.5, 0.6) is 0 Å². The SMILES string of the molecule is C[C@@H](NC(=O)COC(=O)c1ccc(Cl)c(N)c1)c1ccccc1Br. The highest BCUT2D eigenvalue weighted by atomic mass is 79.9. The van der Waals surface area contributed by atoms with Crippen molar-refractivity contribution in [3.05, 3.63) is 63.1 Å². The second-order valence-electron chi connectivity index (χ2n) is 5.12. The largest absolute Gasteiger partial charge is 0.452 e. The number of carbonyl (C=O) groups is 2. The van der Waals surface area contributed by atoms with Crippen LogP contribution in [0.2, 0.25) is 5.02 Å². The maximum absolute atomic E-state index is 11.9. The van der Waals surface area contributed by atoms with Gasteiger partial charge in [-0.2, -0.15) is 0 Å². The van der Waals surface area contributed by atoms with Crippen LogP contribution in [0.25, 0.3) is 0 Å². The lowest BCUT2D eigenvalue weighted by atomic mass is 10.1. The van der Waals surface area contributed by atoms with Gasteiger partial charge in [-0.15, -0.1) is 0 Å². The Bertz CT molecular complexity index is 767. The van der Waals surface area contributed by atoms with Gasteiger partial charge in [-0.1, -0.05) is 45.7 Å². The summed E-state index contributed by atoms with van der Waals surface area (Å²) in [6.45, 7) is 1.47. The van der Waals surface area contributed by atoms with Crippen molar-refractivity contribution >= 4 is 45.1 Å². The van der Waals surface area contributed by atoms with E-state index in [0.717, 1.165) is 10.0 Å². The Hall–Kier alpha value is -2.05. The van der Waals surface area contributed by atoms with Gasteiger partial charge in [-0.25, -0.2) is 4.79 Å². The molecule has 0 saturated carbocycles. The molecule has 0 unspecified atom stereocenters. The summed E-state index contributed by atoms with van der Waals surface area (Å²) in [6.07, 6.45) is 0. The summed E-state index contributed by atoms with van der Waals surface area (Å²) in [5, 5.41) is 3.13. The molecule has 2 aromatic carbocycles. The maximum atomic E-state index is 11.9. The highest BCUT2D eigenvalue weighted by molar-refractivity contribution is 9.10. The summed E-state index contributed by atoms with van der Waals surface area (Å²) in [5.41, 5.74) is 7.08. The van der Waals surface area contributed by atoms with Crippen molar-refractivity contribution in [2.24, 2.45) is 0 Å². The fourth-order valence-corrected chi connectivity index (χ4v) is 2.82. The summed E-state index contributed by atoms with van der Waals surface area (Å²) in [7, 11) is 0. The summed E-state index contributed by atoms with van der Waals surface area (Å²) in [5.74, 6) is -1.03. The van der Waals surface area contributed by atoms with Gasteiger partial charge in [0.15, 0.2) is 6.61 Å². The Morgan fingerprint density at radius 1 is 1.29 bits per heavy atom. The molecule has 0 bridgehead atoms. The molecule has 0 aliphatic heterocycles. The second-order valence-corrected chi connectivity index (χ2v) is 6.38. The lowest BCUT2D eigenvalue weighted by molar-refractivity contribution is -0.124. The average molecular weight is 412 g/mol. The zero-order valence-electron chi connectivity index (χ0n) is 12.9. The van der Waals surface area contributed by atoms with Crippen LogP contribution in [-0.4, -0.2) is 18.5 Å². The molecule has 0 aliphatic rings. The van der Waals surface area contributed by atoms with Crippen molar-refractivity contribution in [2.75, 3.05) is 12.3 Å². The number of nitrogen functional groups attached to an aromatic ring is 1. The molecule has 5 nitrogen and oxygen atoms in total. The first-order chi connectivity index (χ1) is 11.4. The number of anilines is 1. The van der Waals surface area contributed by atoms with Gasteiger partial charge in [0.25, 0.3) is 5.91 Å². The van der Waals surface area contributed by atoms with Crippen molar-refractivity contribution in [3.8, 4) is 0 Å². The zero-order valence-corrected chi connectivity index (χ0v) is 15.2. The number of hydrogen-bond acceptors (Lipinski definition) is 4. The lowest BCUT2D eigenvalue weighted by Crippen LogP contribution is -2.31. The molecule has 0 fully saturated rings. The number of nitrogens with two attached hydrogens (primary N) is 1. The smallest absolute Gasteiger partial charge is 0.338 e. The molecule has 126 valence electrons. The van der Waals surface area contributed by atoms with Crippen LogP contribution < -0.4 is 11.1 Å². The number of ether oxygens (including phenoxy) is 1. The van der Waals surface area contributed by atoms with Crippen LogP contribution in [-0.2, 0) is 9.53 Å². The summed E-state index contributed by atoms with van der Waals surface area (Å²) in [4.78, 5) is 23.9. The number of hydrogen-bond donors (Lipinski definition) is 2. The van der Waals surface area contributed by atoms with E-state index in [2.05, 4.69) is 21.2 Å². The summed E-state index contributed by atoms with van der Waals surface area (Å²) in [6, 6.07) is 11.7. The third kappa shape index (κ3) is 4.72. The molecule has 2 rings (SSSR count). The van der Waals surface area contributed by atoms with Crippen LogP contribution in [0.1, 0.15) is 28.9 Å². The molecule has 0 aliphatic carbocycles. The summed E-state index contributed by atoms with van der Waals surface area (Å²) < 4.78 is 5.89. The van der Waals surface area contributed by atoms with Gasteiger partial charge in [0.05, 0.1) is 22.3 Å². The third-order valence-electron chi connectivity index (χ3n) is 3.32. The van der Waals surface area contributed by atoms with E-state index in [9.17, 15) is 9.59 Å². The Morgan fingerprint density at radius 3 is 2.67 bits per heavy atom. The minimum Gasteiger partial charge on any atom is -0.452 e. The van der Waals surface area contributed by atoms with E-state index in [4.69, 9.17) is 22.1 Å². The van der Waals surface area contributed by atoms with E-state index in [1.54, 1.807) is 0 Å².